The summed E-state index contributed by atoms with van der Waals surface area (Å²) < 4.78 is 0.918. The van der Waals surface area contributed by atoms with Gasteiger partial charge in [-0.3, -0.25) is 9.97 Å². The van der Waals surface area contributed by atoms with Crippen LogP contribution >= 0.6 is 27.5 Å². The first-order chi connectivity index (χ1) is 10.1. The van der Waals surface area contributed by atoms with Crippen molar-refractivity contribution in [2.45, 2.75) is 12.5 Å². The molecule has 3 aromatic rings. The number of hydrogen-bond donors (Lipinski definition) is 1. The van der Waals surface area contributed by atoms with Gasteiger partial charge in [-0.05, 0) is 23.8 Å². The van der Waals surface area contributed by atoms with Crippen LogP contribution in [0, 0.1) is 0 Å². The predicted molar refractivity (Wildman–Crippen MR) is 87.4 cm³/mol. The van der Waals surface area contributed by atoms with Crippen LogP contribution in [0.1, 0.15) is 17.2 Å². The largest absolute Gasteiger partial charge is 0.388 e. The Morgan fingerprint density at radius 3 is 2.76 bits per heavy atom. The first-order valence-corrected chi connectivity index (χ1v) is 7.64. The van der Waals surface area contributed by atoms with Gasteiger partial charge < -0.3 is 5.11 Å². The fraction of sp³-hybridized carbons (Fsp3) is 0.125. The van der Waals surface area contributed by atoms with Crippen LogP contribution in [0.5, 0.6) is 0 Å². The second-order valence-electron chi connectivity index (χ2n) is 4.73. The van der Waals surface area contributed by atoms with Crippen LogP contribution in [0.3, 0.4) is 0 Å². The fourth-order valence-corrected chi connectivity index (χ4v) is 3.04. The van der Waals surface area contributed by atoms with Crippen LogP contribution < -0.4 is 0 Å². The summed E-state index contributed by atoms with van der Waals surface area (Å²) in [6, 6.07) is 11.3. The molecule has 0 saturated heterocycles. The number of hydrogen-bond acceptors (Lipinski definition) is 3. The highest BCUT2D eigenvalue weighted by Crippen LogP contribution is 2.28. The second-order valence-corrected chi connectivity index (χ2v) is 6.05. The number of nitrogens with zero attached hydrogens (tertiary/aromatic N) is 2. The molecule has 1 atom stereocenters. The fourth-order valence-electron chi connectivity index (χ4n) is 2.29. The summed E-state index contributed by atoms with van der Waals surface area (Å²) in [6.45, 7) is 0. The molecular weight excluding hydrogens is 352 g/mol. The van der Waals surface area contributed by atoms with Crippen molar-refractivity contribution >= 4 is 38.6 Å². The maximum Gasteiger partial charge on any atom is 0.0944 e. The van der Waals surface area contributed by atoms with Gasteiger partial charge in [0.1, 0.15) is 0 Å². The molecule has 21 heavy (non-hydrogen) atoms. The Kier molecular flexibility index (Phi) is 4.19. The molecule has 3 rings (SSSR count). The van der Waals surface area contributed by atoms with E-state index in [2.05, 4.69) is 25.9 Å². The topological polar surface area (TPSA) is 46.0 Å². The van der Waals surface area contributed by atoms with Crippen molar-refractivity contribution in [3.8, 4) is 0 Å². The smallest absolute Gasteiger partial charge is 0.0944 e. The summed E-state index contributed by atoms with van der Waals surface area (Å²) in [6.07, 6.45) is 3.03. The SMILES string of the molecule is OC(Cc1ccc(Br)cc1Cl)c1cccc2nccnc12. The Morgan fingerprint density at radius 2 is 1.95 bits per heavy atom. The molecular formula is C16H12BrClN2O. The molecule has 0 bridgehead atoms. The highest BCUT2D eigenvalue weighted by molar-refractivity contribution is 9.10. The third-order valence-electron chi connectivity index (χ3n) is 3.32. The first kappa shape index (κ1) is 14.4. The monoisotopic (exact) mass is 362 g/mol. The zero-order valence-electron chi connectivity index (χ0n) is 11.0. The molecule has 0 saturated carbocycles. The first-order valence-electron chi connectivity index (χ1n) is 6.47. The van der Waals surface area contributed by atoms with Crippen molar-refractivity contribution in [1.29, 1.82) is 0 Å². The number of fused-ring (bicyclic) bond motifs is 1. The zero-order chi connectivity index (χ0) is 14.8. The molecule has 2 aromatic carbocycles. The summed E-state index contributed by atoms with van der Waals surface area (Å²) in [5, 5.41) is 11.2. The molecule has 1 unspecified atom stereocenters. The summed E-state index contributed by atoms with van der Waals surface area (Å²) in [4.78, 5) is 8.57. The Balaban J connectivity index is 1.95. The van der Waals surface area contributed by atoms with E-state index < -0.39 is 6.10 Å². The molecule has 0 spiro atoms. The summed E-state index contributed by atoms with van der Waals surface area (Å²) in [5.74, 6) is 0. The minimum atomic E-state index is -0.677. The Hall–Kier alpha value is -1.49. The summed E-state index contributed by atoms with van der Waals surface area (Å²) in [5.41, 5.74) is 3.16. The highest BCUT2D eigenvalue weighted by Gasteiger charge is 2.15. The number of aliphatic hydroxyl groups excluding tert-OH is 1. The van der Waals surface area contributed by atoms with Crippen molar-refractivity contribution in [3.63, 3.8) is 0 Å². The number of para-hydroxylation sites is 1. The average Bonchev–Trinajstić information content (AvgIpc) is 2.49. The van der Waals surface area contributed by atoms with Crippen LogP contribution in [0.2, 0.25) is 5.02 Å². The number of aliphatic hydroxyl groups is 1. The van der Waals surface area contributed by atoms with E-state index >= 15 is 0 Å². The lowest BCUT2D eigenvalue weighted by molar-refractivity contribution is 0.180. The molecule has 1 N–H and O–H groups in total. The average molecular weight is 364 g/mol. The predicted octanol–water partition coefficient (Wildman–Crippen LogP) is 4.32. The Morgan fingerprint density at radius 1 is 1.14 bits per heavy atom. The number of rotatable bonds is 3. The lowest BCUT2D eigenvalue weighted by atomic mass is 10.00. The van der Waals surface area contributed by atoms with Gasteiger partial charge in [-0.1, -0.05) is 45.7 Å². The molecule has 0 aliphatic carbocycles. The molecule has 0 fully saturated rings. The molecule has 0 aliphatic heterocycles. The summed E-state index contributed by atoms with van der Waals surface area (Å²) in [7, 11) is 0. The van der Waals surface area contributed by atoms with Crippen LogP contribution in [0.25, 0.3) is 11.0 Å². The molecule has 1 aromatic heterocycles. The van der Waals surface area contributed by atoms with Crippen molar-refractivity contribution in [2.24, 2.45) is 0 Å². The standard InChI is InChI=1S/C16H12BrClN2O/c17-11-5-4-10(13(18)9-11)8-15(21)12-2-1-3-14-16(12)20-7-6-19-14/h1-7,9,15,21H,8H2. The Bertz CT molecular complexity index is 789. The molecule has 0 radical (unpaired) electrons. The molecule has 3 nitrogen and oxygen atoms in total. The number of benzene rings is 2. The third-order valence-corrected chi connectivity index (χ3v) is 4.16. The molecule has 0 amide bonds. The lowest BCUT2D eigenvalue weighted by Gasteiger charge is -2.14. The second kappa shape index (κ2) is 6.10. The van der Waals surface area contributed by atoms with E-state index in [0.29, 0.717) is 11.4 Å². The normalized spacial score (nSPS) is 12.5. The van der Waals surface area contributed by atoms with E-state index in [1.54, 1.807) is 12.4 Å². The minimum absolute atomic E-state index is 0.432. The van der Waals surface area contributed by atoms with E-state index in [1.807, 2.05) is 36.4 Å². The number of aromatic nitrogens is 2. The van der Waals surface area contributed by atoms with E-state index in [-0.39, 0.29) is 0 Å². The summed E-state index contributed by atoms with van der Waals surface area (Å²) >= 11 is 9.58. The molecule has 0 aliphatic rings. The van der Waals surface area contributed by atoms with Gasteiger partial charge in [-0.2, -0.15) is 0 Å². The molecule has 106 valence electrons. The van der Waals surface area contributed by atoms with Gasteiger partial charge in [0.2, 0.25) is 0 Å². The van der Waals surface area contributed by atoms with E-state index in [1.165, 1.54) is 0 Å². The molecule has 5 heteroatoms. The van der Waals surface area contributed by atoms with Crippen LogP contribution in [0.15, 0.2) is 53.3 Å². The third kappa shape index (κ3) is 3.07. The molecule has 1 heterocycles. The van der Waals surface area contributed by atoms with Crippen molar-refractivity contribution < 1.29 is 5.11 Å². The van der Waals surface area contributed by atoms with Crippen molar-refractivity contribution in [3.05, 3.63) is 69.4 Å². The highest BCUT2D eigenvalue weighted by atomic mass is 79.9. The van der Waals surface area contributed by atoms with Gasteiger partial charge in [0.05, 0.1) is 17.1 Å². The quantitative estimate of drug-likeness (QED) is 0.753. The zero-order valence-corrected chi connectivity index (χ0v) is 13.3. The maximum atomic E-state index is 10.5. The van der Waals surface area contributed by atoms with E-state index in [0.717, 1.165) is 26.6 Å². The van der Waals surface area contributed by atoms with Crippen molar-refractivity contribution in [2.75, 3.05) is 0 Å². The van der Waals surface area contributed by atoms with E-state index in [9.17, 15) is 5.11 Å². The van der Waals surface area contributed by atoms with Crippen LogP contribution in [0.4, 0.5) is 0 Å². The lowest BCUT2D eigenvalue weighted by Crippen LogP contribution is -2.04. The number of halogens is 2. The van der Waals surface area contributed by atoms with E-state index in [4.69, 9.17) is 11.6 Å². The van der Waals surface area contributed by atoms with Crippen molar-refractivity contribution in [1.82, 2.24) is 9.97 Å². The van der Waals surface area contributed by atoms with Crippen LogP contribution in [-0.4, -0.2) is 15.1 Å². The van der Waals surface area contributed by atoms with Gasteiger partial charge in [0.25, 0.3) is 0 Å². The maximum absolute atomic E-state index is 10.5. The van der Waals surface area contributed by atoms with Gasteiger partial charge in [0.15, 0.2) is 0 Å². The van der Waals surface area contributed by atoms with Gasteiger partial charge in [0, 0.05) is 33.9 Å². The van der Waals surface area contributed by atoms with Gasteiger partial charge in [-0.15, -0.1) is 0 Å². The Labute approximate surface area is 135 Å². The van der Waals surface area contributed by atoms with Gasteiger partial charge in [-0.25, -0.2) is 0 Å². The van der Waals surface area contributed by atoms with Gasteiger partial charge >= 0.3 is 0 Å². The van der Waals surface area contributed by atoms with Crippen LogP contribution in [-0.2, 0) is 6.42 Å². The minimum Gasteiger partial charge on any atom is -0.388 e.